The number of carbonyl (C=O) groups is 1. The number of aliphatic carboxylic acids is 1. The van der Waals surface area contributed by atoms with Crippen molar-refractivity contribution >= 4 is 17.7 Å². The Morgan fingerprint density at radius 2 is 2.05 bits per heavy atom. The number of aliphatic hydroxyl groups is 1. The summed E-state index contributed by atoms with van der Waals surface area (Å²) >= 11 is 1.04. The highest BCUT2D eigenvalue weighted by Crippen LogP contribution is 2.19. The predicted molar refractivity (Wildman–Crippen MR) is 74.6 cm³/mol. The first-order valence-electron chi connectivity index (χ1n) is 6.00. The number of nitriles is 1. The fourth-order valence-corrected chi connectivity index (χ4v) is 2.37. The minimum absolute atomic E-state index is 0.128. The number of aromatic nitrogens is 3. The number of thioether (sulfide) groups is 1. The van der Waals surface area contributed by atoms with E-state index in [4.69, 9.17) is 10.4 Å². The highest BCUT2D eigenvalue weighted by atomic mass is 32.2. The van der Waals surface area contributed by atoms with Crippen LogP contribution >= 0.6 is 11.8 Å². The summed E-state index contributed by atoms with van der Waals surface area (Å²) in [5, 5.41) is 34.9. The van der Waals surface area contributed by atoms with Gasteiger partial charge in [-0.3, -0.25) is 9.36 Å². The van der Waals surface area contributed by atoms with Gasteiger partial charge in [0.25, 0.3) is 0 Å². The molecular weight excluding hydrogens is 292 g/mol. The van der Waals surface area contributed by atoms with Gasteiger partial charge in [-0.05, 0) is 17.7 Å². The molecule has 1 aromatic heterocycles. The van der Waals surface area contributed by atoms with E-state index < -0.39 is 5.97 Å². The largest absolute Gasteiger partial charge is 0.481 e. The molecule has 0 saturated carbocycles. The summed E-state index contributed by atoms with van der Waals surface area (Å²) in [6, 6.07) is 9.03. The molecule has 0 radical (unpaired) electrons. The highest BCUT2D eigenvalue weighted by Gasteiger charge is 2.13. The minimum Gasteiger partial charge on any atom is -0.481 e. The lowest BCUT2D eigenvalue weighted by atomic mass is 10.1. The van der Waals surface area contributed by atoms with Crippen molar-refractivity contribution in [2.24, 2.45) is 0 Å². The van der Waals surface area contributed by atoms with E-state index >= 15 is 0 Å². The molecule has 0 spiro atoms. The lowest BCUT2D eigenvalue weighted by molar-refractivity contribution is -0.133. The van der Waals surface area contributed by atoms with E-state index in [0.29, 0.717) is 23.1 Å². The summed E-state index contributed by atoms with van der Waals surface area (Å²) in [7, 11) is 0. The number of carboxylic acids is 1. The zero-order valence-electron chi connectivity index (χ0n) is 10.9. The smallest absolute Gasteiger partial charge is 0.313 e. The van der Waals surface area contributed by atoms with Crippen LogP contribution < -0.4 is 0 Å². The summed E-state index contributed by atoms with van der Waals surface area (Å²) in [5.74, 6) is -0.706. The van der Waals surface area contributed by atoms with E-state index in [1.165, 1.54) is 0 Å². The van der Waals surface area contributed by atoms with Gasteiger partial charge in [0.05, 0.1) is 23.9 Å². The minimum atomic E-state index is -0.946. The van der Waals surface area contributed by atoms with Crippen LogP contribution in [0.4, 0.5) is 0 Å². The van der Waals surface area contributed by atoms with Crippen molar-refractivity contribution in [2.75, 3.05) is 5.75 Å². The normalized spacial score (nSPS) is 10.3. The molecule has 108 valence electrons. The number of hydrogen-bond donors (Lipinski definition) is 2. The van der Waals surface area contributed by atoms with Gasteiger partial charge in [-0.25, -0.2) is 0 Å². The summed E-state index contributed by atoms with van der Waals surface area (Å²) in [5.41, 5.74) is 1.46. The molecule has 0 atom stereocenters. The van der Waals surface area contributed by atoms with E-state index in [0.717, 1.165) is 17.3 Å². The number of carboxylic acid groups (broad SMARTS) is 1. The highest BCUT2D eigenvalue weighted by molar-refractivity contribution is 7.99. The van der Waals surface area contributed by atoms with Crippen LogP contribution in [0.2, 0.25) is 0 Å². The second kappa shape index (κ2) is 6.88. The SMILES string of the molecule is N#Cc1ccc(Cn2c(CO)nnc2SCC(=O)O)cc1. The average Bonchev–Trinajstić information content (AvgIpc) is 2.88. The fraction of sp³-hybridized carbons (Fsp3) is 0.231. The number of nitrogens with zero attached hydrogens (tertiary/aromatic N) is 4. The summed E-state index contributed by atoms with van der Waals surface area (Å²) in [6.45, 7) is 0.119. The van der Waals surface area contributed by atoms with Gasteiger partial charge in [0.2, 0.25) is 0 Å². The van der Waals surface area contributed by atoms with Crippen LogP contribution in [0, 0.1) is 11.3 Å². The Balaban J connectivity index is 2.22. The zero-order chi connectivity index (χ0) is 15.2. The molecule has 8 heteroatoms. The topological polar surface area (TPSA) is 112 Å². The van der Waals surface area contributed by atoms with Gasteiger partial charge in [0, 0.05) is 0 Å². The van der Waals surface area contributed by atoms with Crippen molar-refractivity contribution in [3.63, 3.8) is 0 Å². The van der Waals surface area contributed by atoms with Crippen molar-refractivity contribution in [3.05, 3.63) is 41.2 Å². The third-order valence-electron chi connectivity index (χ3n) is 2.68. The first-order chi connectivity index (χ1) is 10.1. The summed E-state index contributed by atoms with van der Waals surface area (Å²) < 4.78 is 1.66. The molecule has 1 aromatic carbocycles. The molecule has 0 saturated heterocycles. The maximum Gasteiger partial charge on any atom is 0.313 e. The van der Waals surface area contributed by atoms with Gasteiger partial charge >= 0.3 is 5.97 Å². The fourth-order valence-electron chi connectivity index (χ4n) is 1.70. The molecule has 2 N–H and O–H groups in total. The Kier molecular flexibility index (Phi) is 4.92. The Labute approximate surface area is 124 Å². The van der Waals surface area contributed by atoms with E-state index in [2.05, 4.69) is 10.2 Å². The Hall–Kier alpha value is -2.37. The molecule has 0 fully saturated rings. The van der Waals surface area contributed by atoms with Crippen molar-refractivity contribution in [1.82, 2.24) is 14.8 Å². The van der Waals surface area contributed by atoms with Crippen LogP contribution in [-0.2, 0) is 17.9 Å². The summed E-state index contributed by atoms with van der Waals surface area (Å²) in [6.07, 6.45) is 0. The third-order valence-corrected chi connectivity index (χ3v) is 3.63. The first-order valence-corrected chi connectivity index (χ1v) is 6.99. The molecule has 2 rings (SSSR count). The van der Waals surface area contributed by atoms with Crippen LogP contribution in [0.25, 0.3) is 0 Å². The maximum atomic E-state index is 10.6. The van der Waals surface area contributed by atoms with Crippen LogP contribution in [0.15, 0.2) is 29.4 Å². The molecule has 0 amide bonds. The zero-order valence-corrected chi connectivity index (χ0v) is 11.7. The Morgan fingerprint density at radius 1 is 1.33 bits per heavy atom. The molecule has 0 aliphatic rings. The average molecular weight is 304 g/mol. The van der Waals surface area contributed by atoms with Crippen LogP contribution in [-0.4, -0.2) is 36.7 Å². The van der Waals surface area contributed by atoms with Gasteiger partial charge in [-0.1, -0.05) is 23.9 Å². The molecule has 0 aliphatic carbocycles. The lowest BCUT2D eigenvalue weighted by Crippen LogP contribution is -2.08. The second-order valence-corrected chi connectivity index (χ2v) is 5.08. The number of hydrogen-bond acceptors (Lipinski definition) is 6. The van der Waals surface area contributed by atoms with Crippen LogP contribution in [0.3, 0.4) is 0 Å². The number of aliphatic hydroxyl groups excluding tert-OH is 1. The number of rotatable bonds is 6. The van der Waals surface area contributed by atoms with Crippen molar-refractivity contribution in [1.29, 1.82) is 5.26 Å². The van der Waals surface area contributed by atoms with E-state index in [1.54, 1.807) is 28.8 Å². The quantitative estimate of drug-likeness (QED) is 0.761. The monoisotopic (exact) mass is 304 g/mol. The van der Waals surface area contributed by atoms with Gasteiger partial charge in [0.1, 0.15) is 6.61 Å². The molecule has 7 nitrogen and oxygen atoms in total. The second-order valence-electron chi connectivity index (χ2n) is 4.13. The van der Waals surface area contributed by atoms with Crippen molar-refractivity contribution in [2.45, 2.75) is 18.3 Å². The van der Waals surface area contributed by atoms with E-state index in [1.807, 2.05) is 6.07 Å². The Morgan fingerprint density at radius 3 is 2.62 bits per heavy atom. The maximum absolute atomic E-state index is 10.6. The van der Waals surface area contributed by atoms with E-state index in [-0.39, 0.29) is 12.4 Å². The van der Waals surface area contributed by atoms with Crippen molar-refractivity contribution < 1.29 is 15.0 Å². The standard InChI is InChI=1S/C13H12N4O3S/c14-5-9-1-3-10(4-2-9)6-17-11(7-18)15-16-13(17)21-8-12(19)20/h1-4,18H,6-8H2,(H,19,20). The lowest BCUT2D eigenvalue weighted by Gasteiger charge is -2.08. The van der Waals surface area contributed by atoms with E-state index in [9.17, 15) is 9.90 Å². The van der Waals surface area contributed by atoms with Gasteiger partial charge in [-0.15, -0.1) is 10.2 Å². The molecule has 0 unspecified atom stereocenters. The summed E-state index contributed by atoms with van der Waals surface area (Å²) in [4.78, 5) is 10.6. The number of benzene rings is 1. The first kappa shape index (κ1) is 15.0. The third kappa shape index (κ3) is 3.81. The Bertz CT molecular complexity index is 676. The predicted octanol–water partition coefficient (Wildman–Crippen LogP) is 0.867. The molecule has 2 aromatic rings. The van der Waals surface area contributed by atoms with Gasteiger partial charge in [0.15, 0.2) is 11.0 Å². The van der Waals surface area contributed by atoms with Gasteiger partial charge < -0.3 is 10.2 Å². The molecule has 0 bridgehead atoms. The molecule has 0 aliphatic heterocycles. The molecular formula is C13H12N4O3S. The van der Waals surface area contributed by atoms with Crippen LogP contribution in [0.5, 0.6) is 0 Å². The molecule has 21 heavy (non-hydrogen) atoms. The van der Waals surface area contributed by atoms with Crippen LogP contribution in [0.1, 0.15) is 17.0 Å². The van der Waals surface area contributed by atoms with Crippen molar-refractivity contribution in [3.8, 4) is 6.07 Å². The van der Waals surface area contributed by atoms with Gasteiger partial charge in [-0.2, -0.15) is 5.26 Å². The molecule has 1 heterocycles.